The molecule has 0 aromatic heterocycles. The number of ketones is 1. The number of carbonyl (C=O) groups is 1. The Hall–Kier alpha value is -1.35. The monoisotopic (exact) mass is 314 g/mol. The van der Waals surface area contributed by atoms with Crippen molar-refractivity contribution in [1.82, 2.24) is 0 Å². The van der Waals surface area contributed by atoms with E-state index >= 15 is 0 Å². The average Bonchev–Trinajstić information content (AvgIpc) is 2.70. The third-order valence-corrected chi connectivity index (χ3v) is 9.48. The molecule has 0 saturated carbocycles. The Labute approximate surface area is 134 Å². The van der Waals surface area contributed by atoms with Crippen molar-refractivity contribution < 1.29 is 9.53 Å². The Kier molecular flexibility index (Phi) is 3.40. The number of hydrogen-bond acceptors (Lipinski definition) is 2. The Balaban J connectivity index is 2.28. The molecule has 2 nitrogen and oxygen atoms in total. The highest BCUT2D eigenvalue weighted by atomic mass is 28.3. The van der Waals surface area contributed by atoms with Gasteiger partial charge in [-0.05, 0) is 44.4 Å². The molecule has 2 aliphatic carbocycles. The summed E-state index contributed by atoms with van der Waals surface area (Å²) in [5.74, 6) is 1.26. The second kappa shape index (κ2) is 4.82. The van der Waals surface area contributed by atoms with Crippen molar-refractivity contribution in [3.63, 3.8) is 0 Å². The van der Waals surface area contributed by atoms with Crippen LogP contribution in [0.4, 0.5) is 0 Å². The first-order valence-corrected chi connectivity index (χ1v) is 11.6. The molecule has 2 aliphatic rings. The molecule has 3 rings (SSSR count). The summed E-state index contributed by atoms with van der Waals surface area (Å²) in [4.78, 5) is 13.1. The summed E-state index contributed by atoms with van der Waals surface area (Å²) in [5.41, 5.74) is 5.09. The molecular weight excluding hydrogens is 288 g/mol. The number of methoxy groups -OCH3 is 1. The van der Waals surface area contributed by atoms with Crippen LogP contribution in [0.1, 0.15) is 42.6 Å². The van der Waals surface area contributed by atoms with Gasteiger partial charge in [-0.3, -0.25) is 4.79 Å². The molecule has 2 atom stereocenters. The Bertz CT molecular complexity index is 681. The van der Waals surface area contributed by atoms with Gasteiger partial charge in [0, 0.05) is 16.5 Å². The van der Waals surface area contributed by atoms with E-state index in [9.17, 15) is 4.79 Å². The second-order valence-electron chi connectivity index (χ2n) is 7.99. The van der Waals surface area contributed by atoms with E-state index in [4.69, 9.17) is 4.74 Å². The Morgan fingerprint density at radius 1 is 1.18 bits per heavy atom. The van der Waals surface area contributed by atoms with Gasteiger partial charge in [0.2, 0.25) is 0 Å². The van der Waals surface area contributed by atoms with E-state index in [-0.39, 0.29) is 11.0 Å². The van der Waals surface area contributed by atoms with E-state index in [0.29, 0.717) is 5.78 Å². The molecule has 0 spiro atoms. The summed E-state index contributed by atoms with van der Waals surface area (Å²) in [6, 6.07) is 6.15. The fourth-order valence-electron chi connectivity index (χ4n) is 4.57. The lowest BCUT2D eigenvalue weighted by Gasteiger charge is -2.48. The zero-order chi connectivity index (χ0) is 16.3. The van der Waals surface area contributed by atoms with Crippen molar-refractivity contribution in [2.45, 2.75) is 51.4 Å². The zero-order valence-electron chi connectivity index (χ0n) is 14.5. The standard InChI is InChI=1S/C19H26O2Si/c1-12-9-17-18(20)15-10-14(21-3)7-8-16(15)19(17,11-13(12)2)22(4,5)6/h7-8,10,17H,9,11H2,1-6H3/t17-,19-/m0/s1. The number of allylic oxidation sites excluding steroid dienone is 2. The van der Waals surface area contributed by atoms with Crippen LogP contribution in [-0.2, 0) is 5.04 Å². The van der Waals surface area contributed by atoms with Gasteiger partial charge in [0.25, 0.3) is 0 Å². The maximum atomic E-state index is 13.1. The molecule has 0 saturated heterocycles. The van der Waals surface area contributed by atoms with Crippen molar-refractivity contribution in [3.8, 4) is 5.75 Å². The molecule has 0 aliphatic heterocycles. The average molecular weight is 315 g/mol. The summed E-state index contributed by atoms with van der Waals surface area (Å²) in [5, 5.41) is 0.0509. The molecule has 0 amide bonds. The molecule has 118 valence electrons. The van der Waals surface area contributed by atoms with E-state index < -0.39 is 8.07 Å². The summed E-state index contributed by atoms with van der Waals surface area (Å²) < 4.78 is 5.35. The number of hydrogen-bond donors (Lipinski definition) is 0. The van der Waals surface area contributed by atoms with Crippen LogP contribution in [-0.4, -0.2) is 21.0 Å². The van der Waals surface area contributed by atoms with Crippen LogP contribution in [0.5, 0.6) is 5.75 Å². The number of Topliss-reactive ketones (excluding diaryl/α,β-unsaturated/α-hetero) is 1. The van der Waals surface area contributed by atoms with Crippen LogP contribution in [0.25, 0.3) is 0 Å². The van der Waals surface area contributed by atoms with Crippen LogP contribution in [0.2, 0.25) is 19.6 Å². The third-order valence-electron chi connectivity index (χ3n) is 6.01. The maximum Gasteiger partial charge on any atom is 0.167 e. The van der Waals surface area contributed by atoms with Gasteiger partial charge in [0.1, 0.15) is 5.75 Å². The van der Waals surface area contributed by atoms with Crippen LogP contribution in [0, 0.1) is 5.92 Å². The SMILES string of the molecule is COc1ccc2c(c1)C(=O)[C@@H]1CC(C)=C(C)C[C@]21[Si](C)(C)C. The molecule has 3 heteroatoms. The molecule has 1 aromatic carbocycles. The van der Waals surface area contributed by atoms with Gasteiger partial charge in [-0.25, -0.2) is 0 Å². The lowest BCUT2D eigenvalue weighted by molar-refractivity contribution is 0.0902. The van der Waals surface area contributed by atoms with Crippen LogP contribution in [0.15, 0.2) is 29.3 Å². The quantitative estimate of drug-likeness (QED) is 0.581. The second-order valence-corrected chi connectivity index (χ2v) is 13.4. The third kappa shape index (κ3) is 1.88. The van der Waals surface area contributed by atoms with Crippen LogP contribution in [0.3, 0.4) is 0 Å². The minimum absolute atomic E-state index is 0.0509. The Morgan fingerprint density at radius 2 is 1.86 bits per heavy atom. The normalized spacial score (nSPS) is 27.7. The Morgan fingerprint density at radius 3 is 2.45 bits per heavy atom. The largest absolute Gasteiger partial charge is 0.497 e. The van der Waals surface area contributed by atoms with E-state index in [0.717, 1.165) is 24.2 Å². The highest BCUT2D eigenvalue weighted by Crippen LogP contribution is 2.57. The first-order valence-electron chi connectivity index (χ1n) is 8.10. The first-order chi connectivity index (χ1) is 10.2. The minimum atomic E-state index is -1.60. The molecule has 22 heavy (non-hydrogen) atoms. The predicted molar refractivity (Wildman–Crippen MR) is 93.4 cm³/mol. The van der Waals surface area contributed by atoms with Gasteiger partial charge in [0.15, 0.2) is 5.78 Å². The fourth-order valence-corrected chi connectivity index (χ4v) is 7.67. The van der Waals surface area contributed by atoms with Crippen molar-refractivity contribution in [2.24, 2.45) is 5.92 Å². The lowest BCUT2D eigenvalue weighted by atomic mass is 9.75. The van der Waals surface area contributed by atoms with Crippen molar-refractivity contribution in [3.05, 3.63) is 40.5 Å². The molecule has 1 aromatic rings. The number of carbonyl (C=O) groups excluding carboxylic acids is 1. The van der Waals surface area contributed by atoms with Crippen molar-refractivity contribution in [1.29, 1.82) is 0 Å². The van der Waals surface area contributed by atoms with E-state index in [2.05, 4.69) is 39.6 Å². The van der Waals surface area contributed by atoms with Gasteiger partial charge in [-0.2, -0.15) is 0 Å². The van der Waals surface area contributed by atoms with E-state index in [1.165, 1.54) is 16.7 Å². The van der Waals surface area contributed by atoms with Gasteiger partial charge in [-0.1, -0.05) is 36.9 Å². The van der Waals surface area contributed by atoms with Crippen molar-refractivity contribution >= 4 is 13.9 Å². The molecule has 0 N–H and O–H groups in total. The lowest BCUT2D eigenvalue weighted by Crippen LogP contribution is -2.55. The number of ether oxygens (including phenoxy) is 1. The van der Waals surface area contributed by atoms with Gasteiger partial charge >= 0.3 is 0 Å². The van der Waals surface area contributed by atoms with Gasteiger partial charge < -0.3 is 4.74 Å². The molecule has 0 bridgehead atoms. The fraction of sp³-hybridized carbons (Fsp3) is 0.526. The van der Waals surface area contributed by atoms with Gasteiger partial charge in [-0.15, -0.1) is 0 Å². The summed E-state index contributed by atoms with van der Waals surface area (Å²) in [6.45, 7) is 11.7. The highest BCUT2D eigenvalue weighted by molar-refractivity contribution is 6.79. The number of benzene rings is 1. The van der Waals surface area contributed by atoms with E-state index in [1.54, 1.807) is 7.11 Å². The zero-order valence-corrected chi connectivity index (χ0v) is 15.5. The van der Waals surface area contributed by atoms with Crippen LogP contribution >= 0.6 is 0 Å². The minimum Gasteiger partial charge on any atom is -0.497 e. The molecule has 0 heterocycles. The number of fused-ring (bicyclic) bond motifs is 3. The molecule has 0 radical (unpaired) electrons. The van der Waals surface area contributed by atoms with Crippen molar-refractivity contribution in [2.75, 3.05) is 7.11 Å². The van der Waals surface area contributed by atoms with Crippen LogP contribution < -0.4 is 4.74 Å². The first kappa shape index (κ1) is 15.5. The highest BCUT2D eigenvalue weighted by Gasteiger charge is 2.59. The van der Waals surface area contributed by atoms with E-state index in [1.807, 2.05) is 12.1 Å². The molecular formula is C19H26O2Si. The maximum absolute atomic E-state index is 13.1. The molecule has 0 unspecified atom stereocenters. The topological polar surface area (TPSA) is 26.3 Å². The number of rotatable bonds is 2. The summed E-state index contributed by atoms with van der Waals surface area (Å²) in [6.07, 6.45) is 1.97. The summed E-state index contributed by atoms with van der Waals surface area (Å²) in [7, 11) is 0.0699. The predicted octanol–water partition coefficient (Wildman–Crippen LogP) is 4.75. The molecule has 0 fully saturated rings. The van der Waals surface area contributed by atoms with Gasteiger partial charge in [0.05, 0.1) is 15.2 Å². The smallest absolute Gasteiger partial charge is 0.167 e. The summed E-state index contributed by atoms with van der Waals surface area (Å²) >= 11 is 0.